The number of H-pyrrole nitrogens is 1. The molecule has 1 aromatic carbocycles. The van der Waals surface area contributed by atoms with E-state index in [1.54, 1.807) is 6.20 Å². The van der Waals surface area contributed by atoms with Crippen LogP contribution in [-0.2, 0) is 6.54 Å². The third-order valence-electron chi connectivity index (χ3n) is 2.45. The van der Waals surface area contributed by atoms with Gasteiger partial charge in [0.1, 0.15) is 5.02 Å². The topological polar surface area (TPSA) is 49.0 Å². The van der Waals surface area contributed by atoms with E-state index in [-0.39, 0.29) is 10.6 Å². The number of benzene rings is 1. The largest absolute Gasteiger partial charge is 0.368 e. The molecule has 0 bridgehead atoms. The maximum absolute atomic E-state index is 11.3. The summed E-state index contributed by atoms with van der Waals surface area (Å²) < 4.78 is 0. The second kappa shape index (κ2) is 5.01. The molecule has 0 radical (unpaired) electrons. The molecule has 1 aromatic heterocycles. The zero-order valence-electron chi connectivity index (χ0n) is 9.35. The monoisotopic (exact) mass is 249 g/mol. The van der Waals surface area contributed by atoms with Crippen LogP contribution < -0.4 is 10.5 Å². The Kier molecular flexibility index (Phi) is 3.44. The molecule has 2 rings (SSSR count). The Balaban J connectivity index is 2.23. The van der Waals surface area contributed by atoms with Crippen LogP contribution in [0.5, 0.6) is 0 Å². The number of halogens is 1. The van der Waals surface area contributed by atoms with E-state index in [0.717, 1.165) is 5.56 Å². The summed E-state index contributed by atoms with van der Waals surface area (Å²) in [7, 11) is 1.87. The fourth-order valence-corrected chi connectivity index (χ4v) is 1.82. The average Bonchev–Trinajstić information content (AvgIpc) is 2.34. The first-order valence-electron chi connectivity index (χ1n) is 5.16. The van der Waals surface area contributed by atoms with Crippen molar-refractivity contribution in [3.05, 3.63) is 57.5 Å². The number of nitrogens with one attached hydrogen (secondary N) is 1. The molecule has 0 saturated heterocycles. The molecule has 0 fully saturated rings. The van der Waals surface area contributed by atoms with Gasteiger partial charge in [-0.15, -0.1) is 0 Å². The SMILES string of the molecule is CN(Cc1ccccc1)c1cn[nH]c(=O)c1Cl. The predicted molar refractivity (Wildman–Crippen MR) is 68.4 cm³/mol. The van der Waals surface area contributed by atoms with Crippen molar-refractivity contribution >= 4 is 17.3 Å². The van der Waals surface area contributed by atoms with Gasteiger partial charge in [-0.1, -0.05) is 41.9 Å². The molecule has 88 valence electrons. The van der Waals surface area contributed by atoms with Gasteiger partial charge in [0.15, 0.2) is 0 Å². The van der Waals surface area contributed by atoms with Gasteiger partial charge in [0, 0.05) is 13.6 Å². The highest BCUT2D eigenvalue weighted by Crippen LogP contribution is 2.20. The van der Waals surface area contributed by atoms with E-state index in [0.29, 0.717) is 12.2 Å². The van der Waals surface area contributed by atoms with Crippen molar-refractivity contribution in [1.82, 2.24) is 10.2 Å². The van der Waals surface area contributed by atoms with Crippen LogP contribution in [0.2, 0.25) is 5.02 Å². The van der Waals surface area contributed by atoms with E-state index in [4.69, 9.17) is 11.6 Å². The summed E-state index contributed by atoms with van der Waals surface area (Å²) in [5.74, 6) is 0. The standard InChI is InChI=1S/C12H12ClN3O/c1-16(8-9-5-3-2-4-6-9)10-7-14-15-12(17)11(10)13/h2-7H,8H2,1H3,(H,15,17). The summed E-state index contributed by atoms with van der Waals surface area (Å²) in [6, 6.07) is 9.95. The molecule has 0 spiro atoms. The van der Waals surface area contributed by atoms with E-state index in [9.17, 15) is 4.79 Å². The van der Waals surface area contributed by atoms with Crippen molar-refractivity contribution in [2.24, 2.45) is 0 Å². The molecule has 0 amide bonds. The van der Waals surface area contributed by atoms with Crippen LogP contribution in [0, 0.1) is 0 Å². The van der Waals surface area contributed by atoms with Crippen molar-refractivity contribution in [3.8, 4) is 0 Å². The van der Waals surface area contributed by atoms with Crippen molar-refractivity contribution < 1.29 is 0 Å². The minimum Gasteiger partial charge on any atom is -0.368 e. The molecule has 0 aliphatic carbocycles. The Morgan fingerprint density at radius 2 is 2.06 bits per heavy atom. The summed E-state index contributed by atoms with van der Waals surface area (Å²) in [5.41, 5.74) is 1.40. The first-order valence-corrected chi connectivity index (χ1v) is 5.54. The normalized spacial score (nSPS) is 10.2. The number of aromatic nitrogens is 2. The molecule has 1 heterocycles. The fourth-order valence-electron chi connectivity index (χ4n) is 1.58. The Morgan fingerprint density at radius 1 is 1.35 bits per heavy atom. The van der Waals surface area contributed by atoms with Crippen LogP contribution in [0.4, 0.5) is 5.69 Å². The lowest BCUT2D eigenvalue weighted by atomic mass is 10.2. The van der Waals surface area contributed by atoms with E-state index in [2.05, 4.69) is 10.2 Å². The maximum Gasteiger partial charge on any atom is 0.285 e. The lowest BCUT2D eigenvalue weighted by Gasteiger charge is -2.19. The smallest absolute Gasteiger partial charge is 0.285 e. The van der Waals surface area contributed by atoms with Crippen molar-refractivity contribution in [3.63, 3.8) is 0 Å². The third kappa shape index (κ3) is 2.65. The molecule has 5 heteroatoms. The number of hydrogen-bond acceptors (Lipinski definition) is 3. The quantitative estimate of drug-likeness (QED) is 0.906. The first-order chi connectivity index (χ1) is 8.18. The van der Waals surface area contributed by atoms with Crippen LogP contribution in [0.1, 0.15) is 5.56 Å². The molecule has 4 nitrogen and oxygen atoms in total. The molecule has 0 saturated carbocycles. The summed E-state index contributed by atoms with van der Waals surface area (Å²) in [4.78, 5) is 13.2. The number of anilines is 1. The van der Waals surface area contributed by atoms with Crippen LogP contribution in [0.25, 0.3) is 0 Å². The molecule has 1 N–H and O–H groups in total. The van der Waals surface area contributed by atoms with Crippen LogP contribution in [-0.4, -0.2) is 17.2 Å². The number of nitrogens with zero attached hydrogens (tertiary/aromatic N) is 2. The molecule has 0 aliphatic rings. The number of aromatic amines is 1. The molecule has 2 aromatic rings. The Morgan fingerprint density at radius 3 is 2.76 bits per heavy atom. The molecule has 0 atom stereocenters. The van der Waals surface area contributed by atoms with Crippen molar-refractivity contribution in [2.45, 2.75) is 6.54 Å². The second-order valence-corrected chi connectivity index (χ2v) is 4.12. The fraction of sp³-hybridized carbons (Fsp3) is 0.167. The summed E-state index contributed by atoms with van der Waals surface area (Å²) >= 11 is 5.93. The van der Waals surface area contributed by atoms with E-state index in [1.807, 2.05) is 42.3 Å². The highest BCUT2D eigenvalue weighted by atomic mass is 35.5. The molecule has 17 heavy (non-hydrogen) atoms. The molecule has 0 unspecified atom stereocenters. The zero-order chi connectivity index (χ0) is 12.3. The minimum atomic E-state index is -0.371. The Labute approximate surface area is 104 Å². The van der Waals surface area contributed by atoms with Crippen molar-refractivity contribution in [2.75, 3.05) is 11.9 Å². The van der Waals surface area contributed by atoms with Crippen LogP contribution in [0.3, 0.4) is 0 Å². The van der Waals surface area contributed by atoms with E-state index >= 15 is 0 Å². The van der Waals surface area contributed by atoms with Gasteiger partial charge < -0.3 is 4.90 Å². The van der Waals surface area contributed by atoms with E-state index in [1.165, 1.54) is 0 Å². The summed E-state index contributed by atoms with van der Waals surface area (Å²) in [6.45, 7) is 0.672. The zero-order valence-corrected chi connectivity index (χ0v) is 10.1. The maximum atomic E-state index is 11.3. The first kappa shape index (κ1) is 11.7. The van der Waals surface area contributed by atoms with Crippen molar-refractivity contribution in [1.29, 1.82) is 0 Å². The molecule has 0 aliphatic heterocycles. The summed E-state index contributed by atoms with van der Waals surface area (Å²) in [6.07, 6.45) is 1.55. The Bertz CT molecular complexity index is 553. The average molecular weight is 250 g/mol. The van der Waals surface area contributed by atoms with Gasteiger partial charge in [0.2, 0.25) is 0 Å². The molecular weight excluding hydrogens is 238 g/mol. The summed E-state index contributed by atoms with van der Waals surface area (Å²) in [5, 5.41) is 6.20. The van der Waals surface area contributed by atoms with Crippen LogP contribution in [0.15, 0.2) is 41.3 Å². The predicted octanol–water partition coefficient (Wildman–Crippen LogP) is 2.06. The van der Waals surface area contributed by atoms with Crippen LogP contribution >= 0.6 is 11.6 Å². The van der Waals surface area contributed by atoms with Gasteiger partial charge in [-0.3, -0.25) is 4.79 Å². The van der Waals surface area contributed by atoms with Gasteiger partial charge >= 0.3 is 0 Å². The lowest BCUT2D eigenvalue weighted by molar-refractivity contribution is 0.894. The van der Waals surface area contributed by atoms with Gasteiger partial charge in [-0.2, -0.15) is 5.10 Å². The molecular formula is C12H12ClN3O. The highest BCUT2D eigenvalue weighted by Gasteiger charge is 2.09. The highest BCUT2D eigenvalue weighted by molar-refractivity contribution is 6.32. The number of hydrogen-bond donors (Lipinski definition) is 1. The minimum absolute atomic E-state index is 0.165. The van der Waals surface area contributed by atoms with Gasteiger partial charge in [0.05, 0.1) is 11.9 Å². The second-order valence-electron chi connectivity index (χ2n) is 3.74. The Hall–Kier alpha value is -1.81. The number of rotatable bonds is 3. The van der Waals surface area contributed by atoms with E-state index < -0.39 is 0 Å². The van der Waals surface area contributed by atoms with Gasteiger partial charge in [0.25, 0.3) is 5.56 Å². The van der Waals surface area contributed by atoms with Gasteiger partial charge in [-0.05, 0) is 5.56 Å². The lowest BCUT2D eigenvalue weighted by Crippen LogP contribution is -2.20. The van der Waals surface area contributed by atoms with Gasteiger partial charge in [-0.25, -0.2) is 5.10 Å². The third-order valence-corrected chi connectivity index (χ3v) is 2.82.